The molecule has 1 aliphatic rings. The molecule has 142 valence electrons. The molecule has 0 bridgehead atoms. The monoisotopic (exact) mass is 429 g/mol. The maximum Gasteiger partial charge on any atom is 0.223 e. The fourth-order valence-corrected chi connectivity index (χ4v) is 4.47. The van der Waals surface area contributed by atoms with Gasteiger partial charge in [-0.3, -0.25) is 4.79 Å². The Labute approximate surface area is 169 Å². The first-order valence-electron chi connectivity index (χ1n) is 9.41. The lowest BCUT2D eigenvalue weighted by Crippen LogP contribution is -2.47. The van der Waals surface area contributed by atoms with Crippen molar-refractivity contribution in [2.75, 3.05) is 6.54 Å². The first-order valence-corrected chi connectivity index (χ1v) is 10.2. The molecule has 3 rings (SSSR count). The van der Waals surface area contributed by atoms with E-state index in [-0.39, 0.29) is 23.2 Å². The summed E-state index contributed by atoms with van der Waals surface area (Å²) in [5.41, 5.74) is 1.89. The predicted molar refractivity (Wildman–Crippen MR) is 111 cm³/mol. The quantitative estimate of drug-likeness (QED) is 0.502. The minimum Gasteiger partial charge on any atom is -0.336 e. The van der Waals surface area contributed by atoms with Crippen LogP contribution in [0.5, 0.6) is 0 Å². The van der Waals surface area contributed by atoms with E-state index in [9.17, 15) is 9.18 Å². The number of carbonyl (C=O) groups excluding carboxylic acids is 1. The van der Waals surface area contributed by atoms with Crippen molar-refractivity contribution in [3.63, 3.8) is 0 Å². The van der Waals surface area contributed by atoms with Gasteiger partial charge in [0.2, 0.25) is 5.91 Å². The zero-order valence-corrected chi connectivity index (χ0v) is 17.2. The molecule has 0 spiro atoms. The summed E-state index contributed by atoms with van der Waals surface area (Å²) in [5.74, 6) is -0.0975. The summed E-state index contributed by atoms with van der Waals surface area (Å²) in [4.78, 5) is 15.2. The van der Waals surface area contributed by atoms with Crippen LogP contribution in [0.1, 0.15) is 49.8 Å². The van der Waals surface area contributed by atoms with E-state index < -0.39 is 0 Å². The maximum absolute atomic E-state index is 13.4. The molecule has 1 amide bonds. The molecule has 0 aromatic heterocycles. The largest absolute Gasteiger partial charge is 0.336 e. The first-order chi connectivity index (χ1) is 13.0. The number of halogens is 2. The Morgan fingerprint density at radius 1 is 1.22 bits per heavy atom. The number of nitrogens with zero attached hydrogens (tertiary/aromatic N) is 1. The number of piperidine rings is 1. The van der Waals surface area contributed by atoms with Crippen molar-refractivity contribution in [1.29, 1.82) is 0 Å². The highest BCUT2D eigenvalue weighted by Gasteiger charge is 2.41. The van der Waals surface area contributed by atoms with Crippen molar-refractivity contribution in [3.8, 4) is 0 Å². The van der Waals surface area contributed by atoms with E-state index >= 15 is 0 Å². The van der Waals surface area contributed by atoms with E-state index in [4.69, 9.17) is 0 Å². The average Bonchev–Trinajstić information content (AvgIpc) is 2.66. The Bertz CT molecular complexity index is 802. The number of carbonyl (C=O) groups is 1. The van der Waals surface area contributed by atoms with Crippen molar-refractivity contribution in [2.24, 2.45) is 0 Å². The lowest BCUT2D eigenvalue weighted by atomic mass is 9.70. The highest BCUT2D eigenvalue weighted by atomic mass is 79.9. The van der Waals surface area contributed by atoms with Crippen LogP contribution in [0.2, 0.25) is 0 Å². The summed E-state index contributed by atoms with van der Waals surface area (Å²) in [6.07, 6.45) is 4.74. The second-order valence-electron chi connectivity index (χ2n) is 7.27. The zero-order valence-electron chi connectivity index (χ0n) is 15.6. The Hall–Kier alpha value is -1.94. The van der Waals surface area contributed by atoms with E-state index in [0.717, 1.165) is 28.4 Å². The molecule has 4 heteroatoms. The van der Waals surface area contributed by atoms with E-state index in [2.05, 4.69) is 41.6 Å². The summed E-state index contributed by atoms with van der Waals surface area (Å²) in [7, 11) is 0. The minimum atomic E-state index is -0.291. The lowest BCUT2D eigenvalue weighted by Gasteiger charge is -2.44. The van der Waals surface area contributed by atoms with Crippen molar-refractivity contribution >= 4 is 21.8 Å². The normalized spacial score (nSPS) is 21.1. The fourth-order valence-electron chi connectivity index (χ4n) is 4.21. The van der Waals surface area contributed by atoms with Crippen molar-refractivity contribution in [1.82, 2.24) is 4.90 Å². The molecule has 0 radical (unpaired) electrons. The Kier molecular flexibility index (Phi) is 6.15. The molecule has 2 aromatic rings. The standard InChI is InChI=1S/C23H25BrFNO/c1-3-13-23(18-7-11-20(25)12-8-18)14-15-26(22(27)16-23)21(4-2)17-5-9-19(24)10-6-17/h3,5-12,21H,1,4,13-16H2,2H3/t21-,23?/m0/s1. The molecule has 1 saturated heterocycles. The van der Waals surface area contributed by atoms with Crippen LogP contribution in [0.3, 0.4) is 0 Å². The van der Waals surface area contributed by atoms with Gasteiger partial charge in [-0.15, -0.1) is 6.58 Å². The number of likely N-dealkylation sites (tertiary alicyclic amines) is 1. The molecule has 1 unspecified atom stereocenters. The van der Waals surface area contributed by atoms with Crippen LogP contribution >= 0.6 is 15.9 Å². The highest BCUT2D eigenvalue weighted by Crippen LogP contribution is 2.42. The number of hydrogen-bond donors (Lipinski definition) is 0. The van der Waals surface area contributed by atoms with Gasteiger partial charge in [-0.05, 0) is 54.7 Å². The molecule has 2 atom stereocenters. The first kappa shape index (κ1) is 19.8. The summed E-state index contributed by atoms with van der Waals surface area (Å²) >= 11 is 3.47. The van der Waals surface area contributed by atoms with Crippen LogP contribution in [0, 0.1) is 5.82 Å². The Balaban J connectivity index is 1.86. The van der Waals surface area contributed by atoms with Crippen LogP contribution in [-0.4, -0.2) is 17.4 Å². The van der Waals surface area contributed by atoms with Crippen LogP contribution < -0.4 is 0 Å². The number of amides is 1. The molecule has 0 N–H and O–H groups in total. The molecular formula is C23H25BrFNO. The third-order valence-corrected chi connectivity index (χ3v) is 6.18. The smallest absolute Gasteiger partial charge is 0.223 e. The Morgan fingerprint density at radius 3 is 2.44 bits per heavy atom. The van der Waals surface area contributed by atoms with Crippen LogP contribution in [0.4, 0.5) is 4.39 Å². The molecule has 1 heterocycles. The molecular weight excluding hydrogens is 405 g/mol. The van der Waals surface area contributed by atoms with Gasteiger partial charge < -0.3 is 4.90 Å². The second kappa shape index (κ2) is 8.39. The third-order valence-electron chi connectivity index (χ3n) is 5.65. The van der Waals surface area contributed by atoms with E-state index in [1.54, 1.807) is 0 Å². The SMILES string of the molecule is C=CCC1(c2ccc(F)cc2)CCN([C@@H](CC)c2ccc(Br)cc2)C(=O)C1. The molecule has 1 aliphatic heterocycles. The number of rotatable bonds is 6. The number of hydrogen-bond acceptors (Lipinski definition) is 1. The van der Waals surface area contributed by atoms with Crippen molar-refractivity contribution in [3.05, 3.63) is 82.6 Å². The van der Waals surface area contributed by atoms with E-state index in [1.807, 2.05) is 35.2 Å². The summed E-state index contributed by atoms with van der Waals surface area (Å²) in [6.45, 7) is 6.70. The molecule has 0 aliphatic carbocycles. The van der Waals surface area contributed by atoms with E-state index in [0.29, 0.717) is 19.4 Å². The number of allylic oxidation sites excluding steroid dienone is 1. The molecule has 27 heavy (non-hydrogen) atoms. The summed E-state index contributed by atoms with van der Waals surface area (Å²) in [6, 6.07) is 14.9. The van der Waals surface area contributed by atoms with Gasteiger partial charge in [0.1, 0.15) is 5.82 Å². The lowest BCUT2D eigenvalue weighted by molar-refractivity contribution is -0.138. The maximum atomic E-state index is 13.4. The Morgan fingerprint density at radius 2 is 1.89 bits per heavy atom. The highest BCUT2D eigenvalue weighted by molar-refractivity contribution is 9.10. The van der Waals surface area contributed by atoms with Gasteiger partial charge in [-0.2, -0.15) is 0 Å². The van der Waals surface area contributed by atoms with Crippen LogP contribution in [-0.2, 0) is 10.2 Å². The second-order valence-corrected chi connectivity index (χ2v) is 8.19. The zero-order chi connectivity index (χ0) is 19.4. The van der Waals surface area contributed by atoms with E-state index in [1.165, 1.54) is 12.1 Å². The molecule has 1 fully saturated rings. The van der Waals surface area contributed by atoms with Crippen molar-refractivity contribution < 1.29 is 9.18 Å². The van der Waals surface area contributed by atoms with Crippen molar-refractivity contribution in [2.45, 2.75) is 44.1 Å². The molecule has 0 saturated carbocycles. The van der Waals surface area contributed by atoms with Crippen LogP contribution in [0.15, 0.2) is 65.7 Å². The summed E-state index contributed by atoms with van der Waals surface area (Å²) < 4.78 is 14.4. The van der Waals surface area contributed by atoms with Gasteiger partial charge in [-0.1, -0.05) is 53.2 Å². The van der Waals surface area contributed by atoms with Gasteiger partial charge in [-0.25, -0.2) is 4.39 Å². The fraction of sp³-hybridized carbons (Fsp3) is 0.348. The van der Waals surface area contributed by atoms with Gasteiger partial charge in [0.15, 0.2) is 0 Å². The summed E-state index contributed by atoms with van der Waals surface area (Å²) in [5, 5.41) is 0. The predicted octanol–water partition coefficient (Wildman–Crippen LogP) is 6.18. The third kappa shape index (κ3) is 4.16. The van der Waals surface area contributed by atoms with Gasteiger partial charge in [0.25, 0.3) is 0 Å². The topological polar surface area (TPSA) is 20.3 Å². The van der Waals surface area contributed by atoms with Crippen LogP contribution in [0.25, 0.3) is 0 Å². The number of benzene rings is 2. The molecule has 2 nitrogen and oxygen atoms in total. The average molecular weight is 430 g/mol. The van der Waals surface area contributed by atoms with Gasteiger partial charge in [0.05, 0.1) is 6.04 Å². The van der Waals surface area contributed by atoms with Gasteiger partial charge in [0, 0.05) is 22.9 Å². The minimum absolute atomic E-state index is 0.0838. The molecule has 2 aromatic carbocycles. The van der Waals surface area contributed by atoms with Gasteiger partial charge >= 0.3 is 0 Å².